The summed E-state index contributed by atoms with van der Waals surface area (Å²) in [5, 5.41) is 0. The first-order valence-corrected chi connectivity index (χ1v) is 11.2. The summed E-state index contributed by atoms with van der Waals surface area (Å²) in [4.78, 5) is 19.5. The van der Waals surface area contributed by atoms with E-state index in [9.17, 15) is 9.18 Å². The normalized spacial score (nSPS) is 16.1. The quantitative estimate of drug-likeness (QED) is 0.518. The van der Waals surface area contributed by atoms with Gasteiger partial charge < -0.3 is 9.64 Å². The summed E-state index contributed by atoms with van der Waals surface area (Å²) < 4.78 is 18.3. The van der Waals surface area contributed by atoms with Gasteiger partial charge in [-0.1, -0.05) is 30.3 Å². The standard InChI is InChI=1S/C27H29FN2O2/c1-32-25-12-6-20(7-13-25)9-15-27(31)30-16-2-3-23(19-30)26-14-8-22(18-29-26)17-21-4-10-24(28)11-5-21/h4-8,10-14,18,23H,2-3,9,15-17,19H2,1H3/t23-/m0/s1. The topological polar surface area (TPSA) is 42.4 Å². The second kappa shape index (κ2) is 10.4. The number of aromatic nitrogens is 1. The van der Waals surface area contributed by atoms with Crippen molar-refractivity contribution in [1.29, 1.82) is 0 Å². The number of likely N-dealkylation sites (tertiary alicyclic amines) is 1. The number of benzene rings is 2. The summed E-state index contributed by atoms with van der Waals surface area (Å²) in [6.07, 6.45) is 5.94. The molecule has 0 aliphatic carbocycles. The molecule has 0 spiro atoms. The SMILES string of the molecule is COc1ccc(CCC(=O)N2CCC[C@H](c3ccc(Cc4ccc(F)cc4)cn3)C2)cc1. The molecule has 2 heterocycles. The Kier molecular flexibility index (Phi) is 7.15. The van der Waals surface area contributed by atoms with E-state index in [1.807, 2.05) is 35.4 Å². The Morgan fingerprint density at radius 2 is 1.75 bits per heavy atom. The van der Waals surface area contributed by atoms with Crippen molar-refractivity contribution in [2.24, 2.45) is 0 Å². The molecule has 1 saturated heterocycles. The highest BCUT2D eigenvalue weighted by molar-refractivity contribution is 5.76. The molecule has 1 fully saturated rings. The van der Waals surface area contributed by atoms with Crippen molar-refractivity contribution >= 4 is 5.91 Å². The zero-order chi connectivity index (χ0) is 22.3. The highest BCUT2D eigenvalue weighted by Gasteiger charge is 2.25. The molecule has 5 heteroatoms. The molecule has 1 aromatic heterocycles. The molecular formula is C27H29FN2O2. The zero-order valence-corrected chi connectivity index (χ0v) is 18.5. The van der Waals surface area contributed by atoms with E-state index in [-0.39, 0.29) is 17.6 Å². The zero-order valence-electron chi connectivity index (χ0n) is 18.5. The summed E-state index contributed by atoms with van der Waals surface area (Å²) in [5.41, 5.74) is 4.35. The van der Waals surface area contributed by atoms with E-state index in [1.165, 1.54) is 12.1 Å². The molecule has 1 amide bonds. The molecule has 3 aromatic rings. The highest BCUT2D eigenvalue weighted by Crippen LogP contribution is 2.26. The van der Waals surface area contributed by atoms with E-state index >= 15 is 0 Å². The molecule has 1 aliphatic heterocycles. The number of ether oxygens (including phenoxy) is 1. The summed E-state index contributed by atoms with van der Waals surface area (Å²) in [6, 6.07) is 18.7. The van der Waals surface area contributed by atoms with Crippen LogP contribution < -0.4 is 4.74 Å². The summed E-state index contributed by atoms with van der Waals surface area (Å²) >= 11 is 0. The van der Waals surface area contributed by atoms with Crippen LogP contribution in [0.5, 0.6) is 5.75 Å². The Hall–Kier alpha value is -3.21. The molecule has 0 saturated carbocycles. The monoisotopic (exact) mass is 432 g/mol. The maximum Gasteiger partial charge on any atom is 0.222 e. The number of hydrogen-bond acceptors (Lipinski definition) is 3. The number of pyridine rings is 1. The van der Waals surface area contributed by atoms with Crippen LogP contribution >= 0.6 is 0 Å². The Bertz CT molecular complexity index is 1020. The molecule has 2 aromatic carbocycles. The Labute approximate surface area is 189 Å². The van der Waals surface area contributed by atoms with Gasteiger partial charge in [-0.2, -0.15) is 0 Å². The van der Waals surface area contributed by atoms with E-state index in [0.717, 1.165) is 66.9 Å². The van der Waals surface area contributed by atoms with E-state index < -0.39 is 0 Å². The van der Waals surface area contributed by atoms with E-state index in [1.54, 1.807) is 19.2 Å². The van der Waals surface area contributed by atoms with Gasteiger partial charge in [-0.15, -0.1) is 0 Å². The molecule has 1 atom stereocenters. The minimum Gasteiger partial charge on any atom is -0.497 e. The van der Waals surface area contributed by atoms with Crippen molar-refractivity contribution < 1.29 is 13.9 Å². The van der Waals surface area contributed by atoms with Crippen molar-refractivity contribution in [3.8, 4) is 5.75 Å². The van der Waals surface area contributed by atoms with Gasteiger partial charge in [0, 0.05) is 37.3 Å². The van der Waals surface area contributed by atoms with Crippen molar-refractivity contribution in [1.82, 2.24) is 9.88 Å². The van der Waals surface area contributed by atoms with Crippen LogP contribution in [0, 0.1) is 5.82 Å². The molecular weight excluding hydrogens is 403 g/mol. The van der Waals surface area contributed by atoms with Crippen LogP contribution in [0.25, 0.3) is 0 Å². The lowest BCUT2D eigenvalue weighted by molar-refractivity contribution is -0.132. The summed E-state index contributed by atoms with van der Waals surface area (Å²) in [7, 11) is 1.65. The van der Waals surface area contributed by atoms with Crippen LogP contribution in [-0.4, -0.2) is 36.0 Å². The second-order valence-electron chi connectivity index (χ2n) is 8.42. The van der Waals surface area contributed by atoms with Crippen LogP contribution in [0.1, 0.15) is 47.6 Å². The number of methoxy groups -OCH3 is 1. The Morgan fingerprint density at radius 1 is 1.03 bits per heavy atom. The van der Waals surface area contributed by atoms with Gasteiger partial charge in [0.25, 0.3) is 0 Å². The van der Waals surface area contributed by atoms with Crippen LogP contribution in [0.2, 0.25) is 0 Å². The smallest absolute Gasteiger partial charge is 0.222 e. The molecule has 166 valence electrons. The minimum absolute atomic E-state index is 0.207. The number of carbonyl (C=O) groups excluding carboxylic acids is 1. The molecule has 1 aliphatic rings. The minimum atomic E-state index is -0.220. The molecule has 0 bridgehead atoms. The van der Waals surface area contributed by atoms with Gasteiger partial charge in [0.05, 0.1) is 7.11 Å². The lowest BCUT2D eigenvalue weighted by atomic mass is 9.93. The molecule has 0 radical (unpaired) electrons. The largest absolute Gasteiger partial charge is 0.497 e. The van der Waals surface area contributed by atoms with Crippen LogP contribution in [0.15, 0.2) is 66.9 Å². The van der Waals surface area contributed by atoms with Crippen molar-refractivity contribution in [2.75, 3.05) is 20.2 Å². The lowest BCUT2D eigenvalue weighted by Gasteiger charge is -2.32. The van der Waals surface area contributed by atoms with Gasteiger partial charge in [0.15, 0.2) is 0 Å². The average Bonchev–Trinajstić information content (AvgIpc) is 2.85. The highest BCUT2D eigenvalue weighted by atomic mass is 19.1. The van der Waals surface area contributed by atoms with Crippen LogP contribution in [0.4, 0.5) is 4.39 Å². The first kappa shape index (κ1) is 22.0. The van der Waals surface area contributed by atoms with Crippen molar-refractivity contribution in [3.05, 3.63) is 95.1 Å². The number of carbonyl (C=O) groups is 1. The number of nitrogens with zero attached hydrogens (tertiary/aromatic N) is 2. The van der Waals surface area contributed by atoms with Crippen LogP contribution in [-0.2, 0) is 17.6 Å². The van der Waals surface area contributed by atoms with E-state index in [0.29, 0.717) is 6.42 Å². The van der Waals surface area contributed by atoms with Gasteiger partial charge in [0.2, 0.25) is 5.91 Å². The number of aryl methyl sites for hydroxylation is 1. The molecule has 0 unspecified atom stereocenters. The fourth-order valence-corrected chi connectivity index (χ4v) is 4.27. The number of piperidine rings is 1. The molecule has 4 nitrogen and oxygen atoms in total. The van der Waals surface area contributed by atoms with Crippen molar-refractivity contribution in [3.63, 3.8) is 0 Å². The second-order valence-corrected chi connectivity index (χ2v) is 8.42. The summed E-state index contributed by atoms with van der Waals surface area (Å²) in [6.45, 7) is 1.55. The maximum absolute atomic E-state index is 13.1. The van der Waals surface area contributed by atoms with Crippen LogP contribution in [0.3, 0.4) is 0 Å². The van der Waals surface area contributed by atoms with Gasteiger partial charge >= 0.3 is 0 Å². The predicted octanol–water partition coefficient (Wildman–Crippen LogP) is 5.16. The molecule has 32 heavy (non-hydrogen) atoms. The Morgan fingerprint density at radius 3 is 2.44 bits per heavy atom. The van der Waals surface area contributed by atoms with Gasteiger partial charge in [-0.25, -0.2) is 4.39 Å². The fraction of sp³-hybridized carbons (Fsp3) is 0.333. The predicted molar refractivity (Wildman–Crippen MR) is 123 cm³/mol. The van der Waals surface area contributed by atoms with E-state index in [4.69, 9.17) is 9.72 Å². The molecule has 0 N–H and O–H groups in total. The third-order valence-corrected chi connectivity index (χ3v) is 6.15. The first-order chi connectivity index (χ1) is 15.6. The average molecular weight is 433 g/mol. The number of halogens is 1. The Balaban J connectivity index is 1.31. The lowest BCUT2D eigenvalue weighted by Crippen LogP contribution is -2.39. The third-order valence-electron chi connectivity index (χ3n) is 6.15. The van der Waals surface area contributed by atoms with Crippen molar-refractivity contribution in [2.45, 2.75) is 38.0 Å². The third kappa shape index (κ3) is 5.72. The van der Waals surface area contributed by atoms with E-state index in [2.05, 4.69) is 12.1 Å². The van der Waals surface area contributed by atoms with Gasteiger partial charge in [-0.3, -0.25) is 9.78 Å². The van der Waals surface area contributed by atoms with Gasteiger partial charge in [0.1, 0.15) is 11.6 Å². The molecule has 4 rings (SSSR count). The van der Waals surface area contributed by atoms with Gasteiger partial charge in [-0.05, 0) is 72.7 Å². The summed E-state index contributed by atoms with van der Waals surface area (Å²) in [5.74, 6) is 1.09. The maximum atomic E-state index is 13.1. The fourth-order valence-electron chi connectivity index (χ4n) is 4.27. The number of rotatable bonds is 7. The number of amides is 1. The first-order valence-electron chi connectivity index (χ1n) is 11.2. The number of hydrogen-bond donors (Lipinski definition) is 0.